The van der Waals surface area contributed by atoms with Crippen molar-refractivity contribution >= 4 is 29.7 Å². The van der Waals surface area contributed by atoms with E-state index in [0.717, 1.165) is 17.5 Å². The first kappa shape index (κ1) is 18.6. The number of para-hydroxylation sites is 1. The first-order valence-corrected chi connectivity index (χ1v) is 8.96. The van der Waals surface area contributed by atoms with Gasteiger partial charge in [-0.25, -0.2) is 4.79 Å². The molecule has 2 atom stereocenters. The molecule has 0 saturated carbocycles. The predicted molar refractivity (Wildman–Crippen MR) is 103 cm³/mol. The Bertz CT molecular complexity index is 863. The number of amides is 2. The molecule has 0 spiro atoms. The standard InChI is InChI=1S/C21H22N2O4/c1-3-20(25)22-14(2)12-19(17-6-4-5-7-18(17)22)23(21(26)27)16-10-8-15(13-24)9-11-16/h4-11,13-14,19H,3,12H2,1-2H3,(H,26,27)/t14-,19-/m1/s1. The molecule has 2 amide bonds. The van der Waals surface area contributed by atoms with Gasteiger partial charge in [0.05, 0.1) is 6.04 Å². The minimum Gasteiger partial charge on any atom is -0.465 e. The maximum absolute atomic E-state index is 12.5. The lowest BCUT2D eigenvalue weighted by Gasteiger charge is -2.42. The minimum absolute atomic E-state index is 0.0191. The summed E-state index contributed by atoms with van der Waals surface area (Å²) in [6.45, 7) is 3.76. The summed E-state index contributed by atoms with van der Waals surface area (Å²) >= 11 is 0. The highest BCUT2D eigenvalue weighted by Crippen LogP contribution is 2.42. The van der Waals surface area contributed by atoms with Crippen molar-refractivity contribution in [2.75, 3.05) is 9.80 Å². The van der Waals surface area contributed by atoms with Crippen LogP contribution in [0, 0.1) is 0 Å². The summed E-state index contributed by atoms with van der Waals surface area (Å²) in [6.07, 6.45) is 0.529. The van der Waals surface area contributed by atoms with Crippen LogP contribution in [-0.4, -0.2) is 29.4 Å². The molecule has 0 aliphatic carbocycles. The van der Waals surface area contributed by atoms with Crippen LogP contribution >= 0.6 is 0 Å². The monoisotopic (exact) mass is 366 g/mol. The Labute approximate surface area is 158 Å². The molecule has 0 saturated heterocycles. The molecule has 1 aliphatic rings. The van der Waals surface area contributed by atoms with Crippen molar-refractivity contribution in [3.05, 3.63) is 59.7 Å². The van der Waals surface area contributed by atoms with Crippen molar-refractivity contribution in [2.24, 2.45) is 0 Å². The Morgan fingerprint density at radius 3 is 2.44 bits per heavy atom. The van der Waals surface area contributed by atoms with E-state index in [1.807, 2.05) is 38.1 Å². The first-order valence-electron chi connectivity index (χ1n) is 8.96. The topological polar surface area (TPSA) is 77.9 Å². The van der Waals surface area contributed by atoms with Gasteiger partial charge in [0.15, 0.2) is 0 Å². The maximum Gasteiger partial charge on any atom is 0.412 e. The van der Waals surface area contributed by atoms with E-state index in [4.69, 9.17) is 0 Å². The Hall–Kier alpha value is -3.15. The van der Waals surface area contributed by atoms with E-state index in [1.54, 1.807) is 29.2 Å². The number of aldehydes is 1. The van der Waals surface area contributed by atoms with Crippen molar-refractivity contribution < 1.29 is 19.5 Å². The maximum atomic E-state index is 12.5. The van der Waals surface area contributed by atoms with Crippen LogP contribution in [0.3, 0.4) is 0 Å². The van der Waals surface area contributed by atoms with Crippen LogP contribution in [0.15, 0.2) is 48.5 Å². The fourth-order valence-corrected chi connectivity index (χ4v) is 3.71. The quantitative estimate of drug-likeness (QED) is 0.820. The predicted octanol–water partition coefficient (Wildman–Crippen LogP) is 4.26. The third-order valence-corrected chi connectivity index (χ3v) is 4.96. The first-order chi connectivity index (χ1) is 13.0. The van der Waals surface area contributed by atoms with E-state index in [2.05, 4.69) is 0 Å². The Balaban J connectivity index is 2.08. The number of hydrogen-bond acceptors (Lipinski definition) is 3. The van der Waals surface area contributed by atoms with E-state index in [1.165, 1.54) is 4.90 Å². The van der Waals surface area contributed by atoms with Gasteiger partial charge in [0.25, 0.3) is 0 Å². The van der Waals surface area contributed by atoms with E-state index >= 15 is 0 Å². The minimum atomic E-state index is -1.07. The van der Waals surface area contributed by atoms with Crippen LogP contribution in [0.1, 0.15) is 48.7 Å². The van der Waals surface area contributed by atoms with Gasteiger partial charge in [-0.05, 0) is 49.2 Å². The molecule has 6 heteroatoms. The fraction of sp³-hybridized carbons (Fsp3) is 0.286. The summed E-state index contributed by atoms with van der Waals surface area (Å²) < 4.78 is 0. The van der Waals surface area contributed by atoms with Crippen LogP contribution in [0.5, 0.6) is 0 Å². The van der Waals surface area contributed by atoms with Gasteiger partial charge in [-0.2, -0.15) is 0 Å². The van der Waals surface area contributed by atoms with Gasteiger partial charge in [0.1, 0.15) is 6.29 Å². The number of fused-ring (bicyclic) bond motifs is 1. The highest BCUT2D eigenvalue weighted by Gasteiger charge is 2.38. The average molecular weight is 366 g/mol. The lowest BCUT2D eigenvalue weighted by molar-refractivity contribution is -0.118. The molecular weight excluding hydrogens is 344 g/mol. The number of benzene rings is 2. The summed E-state index contributed by atoms with van der Waals surface area (Å²) in [6, 6.07) is 13.4. The number of carbonyl (C=O) groups is 3. The number of anilines is 2. The van der Waals surface area contributed by atoms with E-state index in [9.17, 15) is 19.5 Å². The van der Waals surface area contributed by atoms with Crippen LogP contribution in [0.25, 0.3) is 0 Å². The Morgan fingerprint density at radius 2 is 1.85 bits per heavy atom. The van der Waals surface area contributed by atoms with Crippen molar-refractivity contribution in [2.45, 2.75) is 38.8 Å². The van der Waals surface area contributed by atoms with Crippen molar-refractivity contribution in [1.82, 2.24) is 0 Å². The lowest BCUT2D eigenvalue weighted by Crippen LogP contribution is -2.47. The number of rotatable bonds is 4. The van der Waals surface area contributed by atoms with Gasteiger partial charge in [0.2, 0.25) is 5.91 Å². The largest absolute Gasteiger partial charge is 0.465 e. The van der Waals surface area contributed by atoms with Crippen LogP contribution in [0.4, 0.5) is 16.2 Å². The van der Waals surface area contributed by atoms with Crippen molar-refractivity contribution in [3.8, 4) is 0 Å². The summed E-state index contributed by atoms with van der Waals surface area (Å²) in [7, 11) is 0. The second-order valence-corrected chi connectivity index (χ2v) is 6.64. The molecular formula is C21H22N2O4. The SMILES string of the molecule is CCC(=O)N1c2ccccc2[C@H](N(C(=O)O)c2ccc(C=O)cc2)C[C@H]1C. The molecule has 1 heterocycles. The van der Waals surface area contributed by atoms with Gasteiger partial charge < -0.3 is 10.0 Å². The lowest BCUT2D eigenvalue weighted by atomic mass is 9.90. The zero-order valence-corrected chi connectivity index (χ0v) is 15.3. The summed E-state index contributed by atoms with van der Waals surface area (Å²) in [5.41, 5.74) is 2.54. The molecule has 0 radical (unpaired) electrons. The molecule has 1 N–H and O–H groups in total. The number of carboxylic acid groups (broad SMARTS) is 1. The Morgan fingerprint density at radius 1 is 1.19 bits per heavy atom. The zero-order chi connectivity index (χ0) is 19.6. The summed E-state index contributed by atoms with van der Waals surface area (Å²) in [5.74, 6) is 0.0191. The van der Waals surface area contributed by atoms with Crippen LogP contribution in [0.2, 0.25) is 0 Å². The number of nitrogens with zero attached hydrogens (tertiary/aromatic N) is 2. The average Bonchev–Trinajstić information content (AvgIpc) is 2.68. The zero-order valence-electron chi connectivity index (χ0n) is 15.3. The molecule has 1 aliphatic heterocycles. The molecule has 0 aromatic heterocycles. The molecule has 0 bridgehead atoms. The molecule has 3 rings (SSSR count). The molecule has 6 nitrogen and oxygen atoms in total. The third kappa shape index (κ3) is 3.43. The number of carbonyl (C=O) groups excluding carboxylic acids is 2. The van der Waals surface area contributed by atoms with Crippen LogP contribution < -0.4 is 9.80 Å². The van der Waals surface area contributed by atoms with E-state index in [-0.39, 0.29) is 11.9 Å². The fourth-order valence-electron chi connectivity index (χ4n) is 3.71. The van der Waals surface area contributed by atoms with Gasteiger partial charge in [-0.3, -0.25) is 14.5 Å². The number of hydrogen-bond donors (Lipinski definition) is 1. The molecule has 2 aromatic carbocycles. The second kappa shape index (κ2) is 7.61. The highest BCUT2D eigenvalue weighted by atomic mass is 16.4. The van der Waals surface area contributed by atoms with Gasteiger partial charge in [0, 0.05) is 29.4 Å². The smallest absolute Gasteiger partial charge is 0.412 e. The van der Waals surface area contributed by atoms with E-state index < -0.39 is 12.1 Å². The van der Waals surface area contributed by atoms with Gasteiger partial charge in [-0.15, -0.1) is 0 Å². The molecule has 0 unspecified atom stereocenters. The molecule has 2 aromatic rings. The van der Waals surface area contributed by atoms with Crippen molar-refractivity contribution in [3.63, 3.8) is 0 Å². The summed E-state index contributed by atoms with van der Waals surface area (Å²) in [5, 5.41) is 9.91. The normalized spacial score (nSPS) is 18.5. The van der Waals surface area contributed by atoms with Crippen LogP contribution in [-0.2, 0) is 4.79 Å². The third-order valence-electron chi connectivity index (χ3n) is 4.96. The molecule has 27 heavy (non-hydrogen) atoms. The molecule has 0 fully saturated rings. The van der Waals surface area contributed by atoms with E-state index in [0.29, 0.717) is 24.1 Å². The Kier molecular flexibility index (Phi) is 5.26. The van der Waals surface area contributed by atoms with Crippen molar-refractivity contribution in [1.29, 1.82) is 0 Å². The van der Waals surface area contributed by atoms with Gasteiger partial charge >= 0.3 is 6.09 Å². The summed E-state index contributed by atoms with van der Waals surface area (Å²) in [4.78, 5) is 38.5. The highest BCUT2D eigenvalue weighted by molar-refractivity contribution is 5.96. The second-order valence-electron chi connectivity index (χ2n) is 6.64. The molecule has 140 valence electrons. The van der Waals surface area contributed by atoms with Gasteiger partial charge in [-0.1, -0.05) is 25.1 Å².